The summed E-state index contributed by atoms with van der Waals surface area (Å²) in [6, 6.07) is -0.657. The Morgan fingerprint density at radius 1 is 1.39 bits per heavy atom. The van der Waals surface area contributed by atoms with Crippen LogP contribution < -0.4 is 5.32 Å². The molecule has 2 atom stereocenters. The predicted molar refractivity (Wildman–Crippen MR) is 85.9 cm³/mol. The number of likely N-dealkylation sites (tertiary alicyclic amines) is 1. The number of aromatic nitrogens is 2. The zero-order valence-corrected chi connectivity index (χ0v) is 14.5. The number of aromatic amines is 1. The van der Waals surface area contributed by atoms with Gasteiger partial charge in [0, 0.05) is 12.2 Å². The van der Waals surface area contributed by atoms with E-state index in [2.05, 4.69) is 20.0 Å². The summed E-state index contributed by atoms with van der Waals surface area (Å²) >= 11 is 0. The predicted octanol–water partition coefficient (Wildman–Crippen LogP) is 2.07. The van der Waals surface area contributed by atoms with Crippen LogP contribution in [0.3, 0.4) is 0 Å². The van der Waals surface area contributed by atoms with E-state index < -0.39 is 12.1 Å². The first-order valence-electron chi connectivity index (χ1n) is 8.03. The van der Waals surface area contributed by atoms with Crippen LogP contribution in [-0.4, -0.2) is 46.6 Å². The van der Waals surface area contributed by atoms with Gasteiger partial charge in [0.1, 0.15) is 11.9 Å². The zero-order valence-electron chi connectivity index (χ0n) is 14.5. The number of carbonyl (C=O) groups excluding carboxylic acids is 2. The number of nitrogens with one attached hydrogen (secondary N) is 2. The summed E-state index contributed by atoms with van der Waals surface area (Å²) in [5, 5.41) is 2.65. The van der Waals surface area contributed by atoms with Crippen molar-refractivity contribution >= 4 is 12.0 Å². The highest BCUT2D eigenvalue weighted by atomic mass is 16.5. The number of imidazole rings is 1. The lowest BCUT2D eigenvalue weighted by atomic mass is 10.0. The molecule has 1 aromatic heterocycles. The van der Waals surface area contributed by atoms with Crippen molar-refractivity contribution in [2.45, 2.75) is 52.6 Å². The van der Waals surface area contributed by atoms with Gasteiger partial charge in [-0.2, -0.15) is 0 Å². The van der Waals surface area contributed by atoms with Gasteiger partial charge in [-0.25, -0.2) is 9.78 Å². The molecular formula is C16H26N4O3. The molecule has 0 unspecified atom stereocenters. The lowest BCUT2D eigenvalue weighted by Gasteiger charge is -2.30. The average molecular weight is 322 g/mol. The molecule has 0 aliphatic carbocycles. The third-order valence-corrected chi connectivity index (χ3v) is 4.39. The summed E-state index contributed by atoms with van der Waals surface area (Å²) in [6.07, 6.45) is 1.22. The molecule has 2 heterocycles. The van der Waals surface area contributed by atoms with E-state index in [1.165, 1.54) is 7.11 Å². The van der Waals surface area contributed by atoms with Gasteiger partial charge in [-0.1, -0.05) is 13.8 Å². The minimum absolute atomic E-state index is 0.0251. The van der Waals surface area contributed by atoms with Crippen LogP contribution in [0.4, 0.5) is 4.79 Å². The van der Waals surface area contributed by atoms with Crippen molar-refractivity contribution < 1.29 is 14.3 Å². The van der Waals surface area contributed by atoms with Crippen molar-refractivity contribution in [3.8, 4) is 0 Å². The molecule has 1 aliphatic heterocycles. The van der Waals surface area contributed by atoms with Gasteiger partial charge in [-0.05, 0) is 32.6 Å². The van der Waals surface area contributed by atoms with Crippen molar-refractivity contribution in [3.63, 3.8) is 0 Å². The van der Waals surface area contributed by atoms with Crippen molar-refractivity contribution in [1.82, 2.24) is 20.2 Å². The molecule has 2 amide bonds. The van der Waals surface area contributed by atoms with Crippen LogP contribution in [0.1, 0.15) is 49.9 Å². The number of nitrogens with zero attached hydrogens (tertiary/aromatic N) is 2. The van der Waals surface area contributed by atoms with Gasteiger partial charge in [-0.3, -0.25) is 4.79 Å². The van der Waals surface area contributed by atoms with E-state index in [1.54, 1.807) is 0 Å². The number of alkyl carbamates (subject to hydrolysis) is 1. The Balaban J connectivity index is 2.19. The van der Waals surface area contributed by atoms with Crippen LogP contribution in [-0.2, 0) is 9.53 Å². The molecule has 128 valence electrons. The first kappa shape index (κ1) is 17.3. The highest BCUT2D eigenvalue weighted by Crippen LogP contribution is 2.31. The number of H-pyrrole nitrogens is 1. The smallest absolute Gasteiger partial charge is 0.407 e. The normalized spacial score (nSPS) is 19.0. The number of hydrogen-bond acceptors (Lipinski definition) is 4. The maximum atomic E-state index is 12.9. The van der Waals surface area contributed by atoms with Gasteiger partial charge in [0.2, 0.25) is 5.91 Å². The minimum atomic E-state index is -0.597. The third-order valence-electron chi connectivity index (χ3n) is 4.39. The summed E-state index contributed by atoms with van der Waals surface area (Å²) < 4.78 is 4.63. The van der Waals surface area contributed by atoms with E-state index in [-0.39, 0.29) is 17.9 Å². The molecule has 1 fully saturated rings. The number of amides is 2. The molecule has 23 heavy (non-hydrogen) atoms. The number of ether oxygens (including phenoxy) is 1. The SMILES string of the molecule is COC(=O)N[C@H](C(=O)N1CCC[C@H]1c1nc(C)c(C)[nH]1)C(C)C. The summed E-state index contributed by atoms with van der Waals surface area (Å²) in [7, 11) is 1.30. The van der Waals surface area contributed by atoms with E-state index in [4.69, 9.17) is 0 Å². The molecule has 0 bridgehead atoms. The fraction of sp³-hybridized carbons (Fsp3) is 0.688. The standard InChI is InChI=1S/C16H26N4O3/c1-9(2)13(19-16(22)23-5)15(21)20-8-6-7-12(20)14-17-10(3)11(4)18-14/h9,12-13H,6-8H2,1-5H3,(H,17,18)(H,19,22)/t12-,13-/m0/s1. The lowest BCUT2D eigenvalue weighted by Crippen LogP contribution is -2.51. The number of aryl methyl sites for hydroxylation is 2. The van der Waals surface area contributed by atoms with Gasteiger partial charge >= 0.3 is 6.09 Å². The minimum Gasteiger partial charge on any atom is -0.453 e. The van der Waals surface area contributed by atoms with Gasteiger partial charge in [0.15, 0.2) is 0 Å². The van der Waals surface area contributed by atoms with E-state index in [0.29, 0.717) is 6.54 Å². The Hall–Kier alpha value is -2.05. The Bertz CT molecular complexity index is 562. The van der Waals surface area contributed by atoms with E-state index in [1.807, 2.05) is 32.6 Å². The van der Waals surface area contributed by atoms with Crippen molar-refractivity contribution in [2.75, 3.05) is 13.7 Å². The van der Waals surface area contributed by atoms with Crippen LogP contribution in [0.15, 0.2) is 0 Å². The molecule has 2 N–H and O–H groups in total. The molecule has 7 heteroatoms. The molecule has 0 radical (unpaired) electrons. The molecule has 0 aromatic carbocycles. The largest absolute Gasteiger partial charge is 0.453 e. The number of carbonyl (C=O) groups is 2. The Labute approximate surface area is 136 Å². The monoisotopic (exact) mass is 322 g/mol. The lowest BCUT2D eigenvalue weighted by molar-refractivity contribution is -0.135. The molecule has 1 aliphatic rings. The number of methoxy groups -OCH3 is 1. The fourth-order valence-corrected chi connectivity index (χ4v) is 2.93. The first-order valence-corrected chi connectivity index (χ1v) is 8.03. The van der Waals surface area contributed by atoms with Crippen LogP contribution in [0.25, 0.3) is 0 Å². The Morgan fingerprint density at radius 3 is 2.61 bits per heavy atom. The number of rotatable bonds is 4. The van der Waals surface area contributed by atoms with Crippen LogP contribution in [0, 0.1) is 19.8 Å². The van der Waals surface area contributed by atoms with Gasteiger partial charge < -0.3 is 19.9 Å². The van der Waals surface area contributed by atoms with Gasteiger partial charge in [0.05, 0.1) is 18.8 Å². The Kier molecular flexibility index (Phi) is 5.28. The van der Waals surface area contributed by atoms with Gasteiger partial charge in [0.25, 0.3) is 0 Å². The van der Waals surface area contributed by atoms with Crippen LogP contribution in [0.5, 0.6) is 0 Å². The summed E-state index contributed by atoms with van der Waals surface area (Å²) in [5.74, 6) is 0.717. The van der Waals surface area contributed by atoms with Crippen LogP contribution >= 0.6 is 0 Å². The van der Waals surface area contributed by atoms with Crippen molar-refractivity contribution in [3.05, 3.63) is 17.2 Å². The first-order chi connectivity index (χ1) is 10.8. The summed E-state index contributed by atoms with van der Waals surface area (Å²) in [5.41, 5.74) is 1.97. The molecule has 1 aromatic rings. The summed E-state index contributed by atoms with van der Waals surface area (Å²) in [4.78, 5) is 34.1. The van der Waals surface area contributed by atoms with E-state index in [9.17, 15) is 9.59 Å². The molecule has 1 saturated heterocycles. The molecule has 0 spiro atoms. The Morgan fingerprint density at radius 2 is 2.09 bits per heavy atom. The van der Waals surface area contributed by atoms with E-state index >= 15 is 0 Å². The highest BCUT2D eigenvalue weighted by Gasteiger charge is 2.37. The second-order valence-corrected chi connectivity index (χ2v) is 6.38. The van der Waals surface area contributed by atoms with E-state index in [0.717, 1.165) is 30.1 Å². The maximum absolute atomic E-state index is 12.9. The van der Waals surface area contributed by atoms with Crippen LogP contribution in [0.2, 0.25) is 0 Å². The van der Waals surface area contributed by atoms with Crippen molar-refractivity contribution in [2.24, 2.45) is 5.92 Å². The molecule has 7 nitrogen and oxygen atoms in total. The second kappa shape index (κ2) is 7.02. The van der Waals surface area contributed by atoms with Crippen molar-refractivity contribution in [1.29, 1.82) is 0 Å². The quantitative estimate of drug-likeness (QED) is 0.888. The fourth-order valence-electron chi connectivity index (χ4n) is 2.93. The molecule has 2 rings (SSSR count). The topological polar surface area (TPSA) is 87.3 Å². The third kappa shape index (κ3) is 3.65. The zero-order chi connectivity index (χ0) is 17.1. The molecular weight excluding hydrogens is 296 g/mol. The molecule has 0 saturated carbocycles. The summed E-state index contributed by atoms with van der Waals surface area (Å²) in [6.45, 7) is 8.42. The second-order valence-electron chi connectivity index (χ2n) is 6.38. The van der Waals surface area contributed by atoms with Gasteiger partial charge in [-0.15, -0.1) is 0 Å². The average Bonchev–Trinajstić information content (AvgIpc) is 3.10. The maximum Gasteiger partial charge on any atom is 0.407 e. The highest BCUT2D eigenvalue weighted by molar-refractivity contribution is 5.86. The number of hydrogen-bond donors (Lipinski definition) is 2.